The van der Waals surface area contributed by atoms with Gasteiger partial charge in [-0.1, -0.05) is 17.7 Å². The average molecular weight is 472 g/mol. The van der Waals surface area contributed by atoms with Crippen molar-refractivity contribution in [3.8, 4) is 5.75 Å². The highest BCUT2D eigenvalue weighted by Gasteiger charge is 2.20. The molecule has 10 heteroatoms. The number of benzene rings is 2. The second kappa shape index (κ2) is 10.6. The number of likely N-dealkylation sites (N-methyl/N-ethyl adjacent to an activating group) is 1. The van der Waals surface area contributed by atoms with Gasteiger partial charge in [0.25, 0.3) is 0 Å². The molecule has 2 heterocycles. The van der Waals surface area contributed by atoms with E-state index in [0.717, 1.165) is 6.42 Å². The molecule has 1 saturated heterocycles. The van der Waals surface area contributed by atoms with Crippen LogP contribution in [0.2, 0.25) is 5.02 Å². The van der Waals surface area contributed by atoms with Crippen LogP contribution in [-0.2, 0) is 9.53 Å². The van der Waals surface area contributed by atoms with Crippen LogP contribution >= 0.6 is 11.6 Å². The first-order chi connectivity index (χ1) is 16.0. The summed E-state index contributed by atoms with van der Waals surface area (Å²) in [6.07, 6.45) is 5.23. The maximum Gasteiger partial charge on any atom is 0.248 e. The Kier molecular flexibility index (Phi) is 7.33. The first kappa shape index (κ1) is 22.9. The second-order valence-electron chi connectivity index (χ2n) is 7.39. The van der Waals surface area contributed by atoms with Crippen molar-refractivity contribution in [2.75, 3.05) is 37.4 Å². The third-order valence-corrected chi connectivity index (χ3v) is 5.24. The highest BCUT2D eigenvalue weighted by molar-refractivity contribution is 6.31. The molecule has 8 nitrogen and oxygen atoms in total. The van der Waals surface area contributed by atoms with Crippen LogP contribution in [0.25, 0.3) is 10.9 Å². The van der Waals surface area contributed by atoms with Gasteiger partial charge in [-0.25, -0.2) is 14.4 Å². The van der Waals surface area contributed by atoms with Gasteiger partial charge >= 0.3 is 0 Å². The van der Waals surface area contributed by atoms with E-state index in [1.54, 1.807) is 31.3 Å². The zero-order valence-corrected chi connectivity index (χ0v) is 18.7. The quantitative estimate of drug-likeness (QED) is 0.426. The first-order valence-corrected chi connectivity index (χ1v) is 10.8. The molecule has 1 aliphatic heterocycles. The minimum absolute atomic E-state index is 0.00543. The highest BCUT2D eigenvalue weighted by Crippen LogP contribution is 2.35. The Hall–Kier alpha value is -3.27. The Morgan fingerprint density at radius 1 is 1.33 bits per heavy atom. The van der Waals surface area contributed by atoms with Gasteiger partial charge in [0.15, 0.2) is 0 Å². The van der Waals surface area contributed by atoms with Crippen LogP contribution in [0.1, 0.15) is 6.42 Å². The molecule has 1 fully saturated rings. The molecule has 172 valence electrons. The number of ether oxygens (including phenoxy) is 2. The molecule has 0 radical (unpaired) electrons. The van der Waals surface area contributed by atoms with Crippen LogP contribution in [0, 0.1) is 5.82 Å². The lowest BCUT2D eigenvalue weighted by atomic mass is 10.1. The number of aromatic nitrogens is 2. The number of nitrogens with one attached hydrogen (secondary N) is 3. The van der Waals surface area contributed by atoms with Crippen LogP contribution in [-0.4, -0.2) is 48.8 Å². The molecule has 0 spiro atoms. The summed E-state index contributed by atoms with van der Waals surface area (Å²) in [6.45, 7) is 1.68. The Balaban J connectivity index is 1.70. The van der Waals surface area contributed by atoms with Crippen molar-refractivity contribution in [2.45, 2.75) is 12.5 Å². The van der Waals surface area contributed by atoms with E-state index in [2.05, 4.69) is 25.9 Å². The fourth-order valence-electron chi connectivity index (χ4n) is 3.33. The molecule has 1 aromatic heterocycles. The smallest absolute Gasteiger partial charge is 0.248 e. The normalized spacial score (nSPS) is 15.8. The van der Waals surface area contributed by atoms with Crippen LogP contribution in [0.15, 0.2) is 48.8 Å². The molecule has 4 rings (SSSR count). The summed E-state index contributed by atoms with van der Waals surface area (Å²) in [4.78, 5) is 21.1. The topological polar surface area (TPSA) is 97.4 Å². The van der Waals surface area contributed by atoms with Crippen molar-refractivity contribution in [2.24, 2.45) is 0 Å². The number of amides is 1. The largest absolute Gasteiger partial charge is 0.486 e. The monoisotopic (exact) mass is 471 g/mol. The minimum atomic E-state index is -0.510. The summed E-state index contributed by atoms with van der Waals surface area (Å²) in [5.74, 6) is 0.153. The molecule has 1 aliphatic rings. The van der Waals surface area contributed by atoms with Gasteiger partial charge in [-0.3, -0.25) is 4.79 Å². The Morgan fingerprint density at radius 3 is 2.97 bits per heavy atom. The maximum atomic E-state index is 13.5. The van der Waals surface area contributed by atoms with E-state index in [-0.39, 0.29) is 17.0 Å². The van der Waals surface area contributed by atoms with Crippen LogP contribution in [0.3, 0.4) is 0 Å². The Morgan fingerprint density at radius 2 is 2.21 bits per heavy atom. The Labute approximate surface area is 195 Å². The first-order valence-electron chi connectivity index (χ1n) is 10.4. The van der Waals surface area contributed by atoms with Gasteiger partial charge in [0.05, 0.1) is 29.4 Å². The van der Waals surface area contributed by atoms with Crippen LogP contribution in [0.4, 0.5) is 21.6 Å². The second-order valence-corrected chi connectivity index (χ2v) is 7.80. The van der Waals surface area contributed by atoms with Crippen LogP contribution < -0.4 is 20.7 Å². The predicted octanol–water partition coefficient (Wildman–Crippen LogP) is 4.05. The van der Waals surface area contributed by atoms with Gasteiger partial charge in [0.2, 0.25) is 5.91 Å². The molecule has 0 unspecified atom stereocenters. The molecular weight excluding hydrogens is 449 g/mol. The fraction of sp³-hybridized carbons (Fsp3) is 0.261. The van der Waals surface area contributed by atoms with E-state index >= 15 is 0 Å². The molecule has 1 amide bonds. The van der Waals surface area contributed by atoms with E-state index in [4.69, 9.17) is 21.1 Å². The number of carbonyl (C=O) groups excluding carboxylic acids is 1. The summed E-state index contributed by atoms with van der Waals surface area (Å²) in [5.41, 5.74) is 1.65. The molecule has 33 heavy (non-hydrogen) atoms. The number of hydrogen-bond acceptors (Lipinski definition) is 7. The third-order valence-electron chi connectivity index (χ3n) is 4.95. The van der Waals surface area contributed by atoms with Gasteiger partial charge in [0.1, 0.15) is 29.8 Å². The van der Waals surface area contributed by atoms with Crippen molar-refractivity contribution in [1.82, 2.24) is 15.3 Å². The lowest BCUT2D eigenvalue weighted by Crippen LogP contribution is -2.18. The number of hydrogen-bond donors (Lipinski definition) is 3. The lowest BCUT2D eigenvalue weighted by Gasteiger charge is -2.17. The van der Waals surface area contributed by atoms with Crippen molar-refractivity contribution in [3.63, 3.8) is 0 Å². The zero-order valence-electron chi connectivity index (χ0n) is 17.9. The van der Waals surface area contributed by atoms with Crippen molar-refractivity contribution < 1.29 is 18.7 Å². The summed E-state index contributed by atoms with van der Waals surface area (Å²) in [6, 6.07) is 7.80. The van der Waals surface area contributed by atoms with Crippen LogP contribution in [0.5, 0.6) is 5.75 Å². The summed E-state index contributed by atoms with van der Waals surface area (Å²) < 4.78 is 25.0. The minimum Gasteiger partial charge on any atom is -0.486 e. The van der Waals surface area contributed by atoms with E-state index in [9.17, 15) is 9.18 Å². The van der Waals surface area contributed by atoms with Gasteiger partial charge in [-0.2, -0.15) is 0 Å². The van der Waals surface area contributed by atoms with E-state index in [1.807, 2.05) is 0 Å². The van der Waals surface area contributed by atoms with E-state index < -0.39 is 5.82 Å². The molecule has 0 saturated carbocycles. The fourth-order valence-corrected chi connectivity index (χ4v) is 3.51. The SMILES string of the molecule is CNC/C=C/C(=O)Nc1cc2c(Nc3ccc(F)c(Cl)c3)ncnc2cc1O[C@H]1CCOC1. The van der Waals surface area contributed by atoms with Gasteiger partial charge in [-0.15, -0.1) is 0 Å². The number of nitrogens with zero attached hydrogens (tertiary/aromatic N) is 2. The standard InChI is InChI=1S/C23H23ClFN5O3/c1-26-7-2-3-22(31)30-20-10-16-19(11-21(20)33-15-6-8-32-12-15)27-13-28-23(16)29-14-4-5-18(25)17(24)9-14/h2-5,9-11,13,15,26H,6-8,12H2,1H3,(H,30,31)(H,27,28,29)/b3-2+/t15-/m0/s1. The van der Waals surface area contributed by atoms with Gasteiger partial charge in [-0.05, 0) is 31.3 Å². The average Bonchev–Trinajstić information content (AvgIpc) is 3.30. The number of fused-ring (bicyclic) bond motifs is 1. The van der Waals surface area contributed by atoms with Crippen molar-refractivity contribution in [1.29, 1.82) is 0 Å². The zero-order chi connectivity index (χ0) is 23.2. The molecule has 0 aliphatic carbocycles. The third kappa shape index (κ3) is 5.75. The van der Waals surface area contributed by atoms with Gasteiger partial charge < -0.3 is 25.4 Å². The molecule has 3 aromatic rings. The number of rotatable bonds is 8. The van der Waals surface area contributed by atoms with Gasteiger partial charge in [0, 0.05) is 36.2 Å². The predicted molar refractivity (Wildman–Crippen MR) is 126 cm³/mol. The molecule has 2 aromatic carbocycles. The van der Waals surface area contributed by atoms with E-state index in [0.29, 0.717) is 53.6 Å². The Bertz CT molecular complexity index is 1180. The number of halogens is 2. The number of carbonyl (C=O) groups is 1. The number of anilines is 3. The lowest BCUT2D eigenvalue weighted by molar-refractivity contribution is -0.111. The molecule has 3 N–H and O–H groups in total. The van der Waals surface area contributed by atoms with E-state index in [1.165, 1.54) is 24.5 Å². The molecular formula is C23H23ClFN5O3. The van der Waals surface area contributed by atoms with Crippen molar-refractivity contribution in [3.05, 3.63) is 59.7 Å². The maximum absolute atomic E-state index is 13.5. The highest BCUT2D eigenvalue weighted by atomic mass is 35.5. The molecule has 0 bridgehead atoms. The summed E-state index contributed by atoms with van der Waals surface area (Å²) in [7, 11) is 1.80. The summed E-state index contributed by atoms with van der Waals surface area (Å²) in [5, 5.41) is 9.58. The summed E-state index contributed by atoms with van der Waals surface area (Å²) >= 11 is 5.90. The molecule has 1 atom stereocenters. The van der Waals surface area contributed by atoms with Crippen molar-refractivity contribution >= 4 is 45.6 Å².